The number of thiophene rings is 1. The van der Waals surface area contributed by atoms with Gasteiger partial charge in [-0.3, -0.25) is 9.89 Å². The summed E-state index contributed by atoms with van der Waals surface area (Å²) in [6.07, 6.45) is 0. The lowest BCUT2D eigenvalue weighted by atomic mass is 10.3. The largest absolute Gasteiger partial charge is 0.344 e. The quantitative estimate of drug-likeness (QED) is 0.486. The van der Waals surface area contributed by atoms with Gasteiger partial charge < -0.3 is 9.88 Å². The number of nitrogens with zero attached hydrogens (tertiary/aromatic N) is 4. The van der Waals surface area contributed by atoms with E-state index in [1.165, 1.54) is 23.5 Å². The number of rotatable bonds is 5. The standard InChI is InChI=1S/C18H17FN6OS2/c1-3-24-15(21-22-18(24)27)9-20-16(26)14-8-13-10(2)23-25(17(13)28-14)12-6-4-11(19)5-7-12/h4-8H,3,9H2,1-2H3,(H,20,26)(H,22,27). The molecule has 4 rings (SSSR count). The highest BCUT2D eigenvalue weighted by Crippen LogP contribution is 2.30. The highest BCUT2D eigenvalue weighted by atomic mass is 32.1. The first-order valence-corrected chi connectivity index (χ1v) is 9.87. The molecule has 0 aliphatic heterocycles. The molecule has 144 valence electrons. The minimum Gasteiger partial charge on any atom is -0.344 e. The Morgan fingerprint density at radius 1 is 1.36 bits per heavy atom. The summed E-state index contributed by atoms with van der Waals surface area (Å²) < 4.78 is 17.3. The minimum absolute atomic E-state index is 0.192. The van der Waals surface area contributed by atoms with Gasteiger partial charge >= 0.3 is 0 Å². The second-order valence-corrected chi connectivity index (χ2v) is 7.59. The minimum atomic E-state index is -0.306. The number of fused-ring (bicyclic) bond motifs is 1. The maximum atomic E-state index is 13.2. The van der Waals surface area contributed by atoms with Gasteiger partial charge in [0.15, 0.2) is 10.6 Å². The summed E-state index contributed by atoms with van der Waals surface area (Å²) in [5.74, 6) is 0.179. The van der Waals surface area contributed by atoms with Crippen molar-refractivity contribution in [2.24, 2.45) is 0 Å². The molecule has 3 aromatic heterocycles. The summed E-state index contributed by atoms with van der Waals surface area (Å²) in [5, 5.41) is 15.2. The molecular weight excluding hydrogens is 399 g/mol. The molecule has 0 saturated carbocycles. The Morgan fingerprint density at radius 2 is 2.11 bits per heavy atom. The first kappa shape index (κ1) is 18.5. The topological polar surface area (TPSA) is 80.5 Å². The SMILES string of the molecule is CCn1c(CNC(=O)c2cc3c(C)nn(-c4ccc(F)cc4)c3s2)n[nH]c1=S. The fraction of sp³-hybridized carbons (Fsp3) is 0.222. The maximum absolute atomic E-state index is 13.2. The zero-order valence-corrected chi connectivity index (χ0v) is 16.8. The van der Waals surface area contributed by atoms with Gasteiger partial charge in [0.25, 0.3) is 5.91 Å². The van der Waals surface area contributed by atoms with Crippen LogP contribution in [0.4, 0.5) is 4.39 Å². The Balaban J connectivity index is 1.60. The lowest BCUT2D eigenvalue weighted by molar-refractivity contribution is 0.0953. The van der Waals surface area contributed by atoms with Gasteiger partial charge in [-0.15, -0.1) is 11.3 Å². The number of hydrogen-bond donors (Lipinski definition) is 2. The van der Waals surface area contributed by atoms with Crippen LogP contribution in [0.1, 0.15) is 28.1 Å². The van der Waals surface area contributed by atoms with E-state index in [2.05, 4.69) is 20.6 Å². The van der Waals surface area contributed by atoms with Gasteiger partial charge in [-0.25, -0.2) is 9.07 Å². The van der Waals surface area contributed by atoms with Crippen LogP contribution in [0.5, 0.6) is 0 Å². The van der Waals surface area contributed by atoms with E-state index in [0.717, 1.165) is 21.6 Å². The molecule has 3 heterocycles. The fourth-order valence-corrected chi connectivity index (χ4v) is 4.35. The molecule has 0 aliphatic carbocycles. The van der Waals surface area contributed by atoms with Crippen molar-refractivity contribution in [3.05, 3.63) is 57.3 Å². The summed E-state index contributed by atoms with van der Waals surface area (Å²) in [6.45, 7) is 4.80. The van der Waals surface area contributed by atoms with Crippen molar-refractivity contribution < 1.29 is 9.18 Å². The zero-order chi connectivity index (χ0) is 19.8. The predicted molar refractivity (Wildman–Crippen MR) is 108 cm³/mol. The van der Waals surface area contributed by atoms with Crippen LogP contribution >= 0.6 is 23.6 Å². The molecule has 0 saturated heterocycles. The second-order valence-electron chi connectivity index (χ2n) is 6.18. The lowest BCUT2D eigenvalue weighted by Gasteiger charge is -2.05. The molecule has 2 N–H and O–H groups in total. The molecule has 10 heteroatoms. The van der Waals surface area contributed by atoms with Crippen LogP contribution in [-0.2, 0) is 13.1 Å². The number of amides is 1. The number of nitrogens with one attached hydrogen (secondary N) is 2. The summed E-state index contributed by atoms with van der Waals surface area (Å²) >= 11 is 6.50. The fourth-order valence-electron chi connectivity index (χ4n) is 2.97. The highest BCUT2D eigenvalue weighted by molar-refractivity contribution is 7.71. The van der Waals surface area contributed by atoms with E-state index < -0.39 is 0 Å². The van der Waals surface area contributed by atoms with Crippen molar-refractivity contribution in [3.63, 3.8) is 0 Å². The lowest BCUT2D eigenvalue weighted by Crippen LogP contribution is -2.24. The van der Waals surface area contributed by atoms with E-state index in [9.17, 15) is 9.18 Å². The van der Waals surface area contributed by atoms with E-state index in [-0.39, 0.29) is 18.3 Å². The Labute approximate surface area is 168 Å². The average Bonchev–Trinajstić information content (AvgIpc) is 3.35. The molecule has 0 atom stereocenters. The second kappa shape index (κ2) is 7.28. The van der Waals surface area contributed by atoms with Gasteiger partial charge in [0, 0.05) is 11.9 Å². The van der Waals surface area contributed by atoms with Gasteiger partial charge in [0.2, 0.25) is 0 Å². The van der Waals surface area contributed by atoms with E-state index in [4.69, 9.17) is 12.2 Å². The van der Waals surface area contributed by atoms with Crippen LogP contribution in [0.25, 0.3) is 15.9 Å². The Morgan fingerprint density at radius 3 is 2.82 bits per heavy atom. The van der Waals surface area contributed by atoms with Gasteiger partial charge in [0.1, 0.15) is 10.6 Å². The van der Waals surface area contributed by atoms with Crippen molar-refractivity contribution in [2.75, 3.05) is 0 Å². The van der Waals surface area contributed by atoms with Crippen molar-refractivity contribution >= 4 is 39.7 Å². The smallest absolute Gasteiger partial charge is 0.261 e. The number of aryl methyl sites for hydroxylation is 1. The summed E-state index contributed by atoms with van der Waals surface area (Å²) in [6, 6.07) is 7.93. The number of carbonyl (C=O) groups excluding carboxylic acids is 1. The average molecular weight is 417 g/mol. The van der Waals surface area contributed by atoms with Gasteiger partial charge in [-0.2, -0.15) is 10.2 Å². The molecule has 0 radical (unpaired) electrons. The van der Waals surface area contributed by atoms with E-state index in [1.54, 1.807) is 16.8 Å². The molecule has 0 bridgehead atoms. The molecule has 0 unspecified atom stereocenters. The first-order chi connectivity index (χ1) is 13.5. The van der Waals surface area contributed by atoms with Crippen LogP contribution in [0.3, 0.4) is 0 Å². The van der Waals surface area contributed by atoms with E-state index >= 15 is 0 Å². The normalized spacial score (nSPS) is 11.2. The zero-order valence-electron chi connectivity index (χ0n) is 15.2. The van der Waals surface area contributed by atoms with Gasteiger partial charge in [-0.1, -0.05) is 0 Å². The van der Waals surface area contributed by atoms with Crippen LogP contribution < -0.4 is 5.32 Å². The van der Waals surface area contributed by atoms with Crippen LogP contribution in [0, 0.1) is 17.5 Å². The number of aromatic nitrogens is 5. The van der Waals surface area contributed by atoms with Crippen LogP contribution in [-0.4, -0.2) is 30.5 Å². The predicted octanol–water partition coefficient (Wildman–Crippen LogP) is 3.74. The number of hydrogen-bond acceptors (Lipinski definition) is 5. The third-order valence-electron chi connectivity index (χ3n) is 4.40. The third-order valence-corrected chi connectivity index (χ3v) is 5.82. The Bertz CT molecular complexity index is 1220. The molecule has 28 heavy (non-hydrogen) atoms. The number of H-pyrrole nitrogens is 1. The van der Waals surface area contributed by atoms with Crippen molar-refractivity contribution in [1.82, 2.24) is 29.9 Å². The molecular formula is C18H17FN6OS2. The summed E-state index contributed by atoms with van der Waals surface area (Å²) in [7, 11) is 0. The molecule has 0 aliphatic rings. The van der Waals surface area contributed by atoms with Crippen LogP contribution in [0.2, 0.25) is 0 Å². The molecule has 1 aromatic carbocycles. The van der Waals surface area contributed by atoms with Crippen molar-refractivity contribution in [2.45, 2.75) is 26.9 Å². The molecule has 0 fully saturated rings. The van der Waals surface area contributed by atoms with Crippen molar-refractivity contribution in [3.8, 4) is 5.69 Å². The summed E-state index contributed by atoms with van der Waals surface area (Å²) in [5.41, 5.74) is 1.55. The number of benzene rings is 1. The van der Waals surface area contributed by atoms with E-state index in [0.29, 0.717) is 22.0 Å². The highest BCUT2D eigenvalue weighted by Gasteiger charge is 2.17. The van der Waals surface area contributed by atoms with Gasteiger partial charge in [0.05, 0.1) is 22.8 Å². The van der Waals surface area contributed by atoms with Crippen LogP contribution in [0.15, 0.2) is 30.3 Å². The monoisotopic (exact) mass is 416 g/mol. The molecule has 7 nitrogen and oxygen atoms in total. The Hall–Kier alpha value is -2.85. The van der Waals surface area contributed by atoms with Gasteiger partial charge in [-0.05, 0) is 56.4 Å². The Kier molecular flexibility index (Phi) is 4.82. The molecule has 0 spiro atoms. The first-order valence-electron chi connectivity index (χ1n) is 8.65. The number of halogens is 1. The third kappa shape index (κ3) is 3.25. The maximum Gasteiger partial charge on any atom is 0.261 e. The number of aromatic amines is 1. The molecule has 4 aromatic rings. The van der Waals surface area contributed by atoms with E-state index in [1.807, 2.05) is 24.5 Å². The number of carbonyl (C=O) groups is 1. The van der Waals surface area contributed by atoms with Crippen molar-refractivity contribution in [1.29, 1.82) is 0 Å². The molecule has 1 amide bonds. The summed E-state index contributed by atoms with van der Waals surface area (Å²) in [4.78, 5) is 14.1.